The van der Waals surface area contributed by atoms with Crippen LogP contribution in [-0.4, -0.2) is 37.0 Å². The molecule has 0 aliphatic carbocycles. The lowest BCUT2D eigenvalue weighted by atomic mass is 9.86. The lowest BCUT2D eigenvalue weighted by molar-refractivity contribution is -0.115. The van der Waals surface area contributed by atoms with Gasteiger partial charge in [-0.25, -0.2) is 0 Å². The van der Waals surface area contributed by atoms with E-state index in [-0.39, 0.29) is 18.3 Å². The monoisotopic (exact) mass is 395 g/mol. The maximum absolute atomic E-state index is 11.5. The Labute approximate surface area is 170 Å². The molecule has 6 heteroatoms. The van der Waals surface area contributed by atoms with Gasteiger partial charge in [0, 0.05) is 42.7 Å². The van der Waals surface area contributed by atoms with Crippen LogP contribution in [0.25, 0.3) is 0 Å². The van der Waals surface area contributed by atoms with E-state index in [1.165, 1.54) is 11.1 Å². The molecular formula is C22H22ClN3O2. The van der Waals surface area contributed by atoms with Crippen molar-refractivity contribution in [3.05, 3.63) is 58.7 Å². The maximum atomic E-state index is 11.5. The van der Waals surface area contributed by atoms with Crippen molar-refractivity contribution in [2.24, 2.45) is 5.92 Å². The highest BCUT2D eigenvalue weighted by atomic mass is 35.5. The number of carbonyl (C=O) groups is 1. The second-order valence-electron chi connectivity index (χ2n) is 7.77. The standard InChI is InChI=1S/C22H21N3O2.ClH/c23-10-15-2-4-21-18(8-15)19-12-25(11-17(19)13-27-21)6-5-14-1-3-20-16(7-14)9-22(26)24-20;/h1-4,7-8,17,19H,5-6,9,11-13H2,(H,24,26);1H. The van der Waals surface area contributed by atoms with E-state index in [4.69, 9.17) is 4.74 Å². The fourth-order valence-electron chi connectivity index (χ4n) is 4.63. The molecule has 0 spiro atoms. The number of halogens is 1. The fourth-order valence-corrected chi connectivity index (χ4v) is 4.63. The summed E-state index contributed by atoms with van der Waals surface area (Å²) in [5.74, 6) is 1.96. The summed E-state index contributed by atoms with van der Waals surface area (Å²) in [7, 11) is 0. The number of benzene rings is 2. The molecule has 144 valence electrons. The molecule has 2 unspecified atom stereocenters. The molecule has 1 saturated heterocycles. The zero-order valence-corrected chi connectivity index (χ0v) is 16.3. The number of hydrogen-bond acceptors (Lipinski definition) is 4. The number of anilines is 1. The van der Waals surface area contributed by atoms with E-state index < -0.39 is 0 Å². The van der Waals surface area contributed by atoms with Crippen LogP contribution >= 0.6 is 12.4 Å². The first-order valence-electron chi connectivity index (χ1n) is 9.50. The smallest absolute Gasteiger partial charge is 0.228 e. The van der Waals surface area contributed by atoms with Crippen LogP contribution in [0.3, 0.4) is 0 Å². The van der Waals surface area contributed by atoms with Crippen LogP contribution < -0.4 is 10.1 Å². The normalized spacial score (nSPS) is 22.2. The number of amides is 1. The number of likely N-dealkylation sites (tertiary alicyclic amines) is 1. The van der Waals surface area contributed by atoms with Crippen LogP contribution in [-0.2, 0) is 17.6 Å². The third-order valence-corrected chi connectivity index (χ3v) is 6.02. The van der Waals surface area contributed by atoms with E-state index in [1.54, 1.807) is 0 Å². The van der Waals surface area contributed by atoms with Gasteiger partial charge in [0.1, 0.15) is 5.75 Å². The summed E-state index contributed by atoms with van der Waals surface area (Å²) >= 11 is 0. The van der Waals surface area contributed by atoms with Gasteiger partial charge in [-0.15, -0.1) is 12.4 Å². The number of fused-ring (bicyclic) bond motifs is 4. The average Bonchev–Trinajstić information content (AvgIpc) is 3.27. The van der Waals surface area contributed by atoms with Crippen molar-refractivity contribution in [3.8, 4) is 11.8 Å². The minimum Gasteiger partial charge on any atom is -0.493 e. The molecule has 3 aliphatic rings. The van der Waals surface area contributed by atoms with Gasteiger partial charge in [0.2, 0.25) is 5.91 Å². The molecule has 1 N–H and O–H groups in total. The van der Waals surface area contributed by atoms with Gasteiger partial charge >= 0.3 is 0 Å². The highest BCUT2D eigenvalue weighted by Gasteiger charge is 2.38. The van der Waals surface area contributed by atoms with Crippen LogP contribution in [0, 0.1) is 17.2 Å². The van der Waals surface area contributed by atoms with Crippen molar-refractivity contribution in [3.63, 3.8) is 0 Å². The zero-order chi connectivity index (χ0) is 18.4. The van der Waals surface area contributed by atoms with E-state index in [0.717, 1.165) is 49.7 Å². The fraction of sp³-hybridized carbons (Fsp3) is 0.364. The van der Waals surface area contributed by atoms with Crippen LogP contribution in [0.2, 0.25) is 0 Å². The topological polar surface area (TPSA) is 65.4 Å². The number of nitrogens with one attached hydrogen (secondary N) is 1. The summed E-state index contributed by atoms with van der Waals surface area (Å²) in [6.45, 7) is 3.81. The molecule has 2 aromatic rings. The summed E-state index contributed by atoms with van der Waals surface area (Å²) in [5.41, 5.74) is 5.24. The lowest BCUT2D eigenvalue weighted by Crippen LogP contribution is -2.25. The van der Waals surface area contributed by atoms with E-state index in [0.29, 0.717) is 23.8 Å². The second kappa shape index (κ2) is 7.46. The zero-order valence-electron chi connectivity index (χ0n) is 15.5. The van der Waals surface area contributed by atoms with Crippen molar-refractivity contribution in [2.45, 2.75) is 18.8 Å². The molecule has 3 aliphatic heterocycles. The minimum atomic E-state index is 0. The Bertz CT molecular complexity index is 969. The van der Waals surface area contributed by atoms with Gasteiger partial charge in [-0.1, -0.05) is 12.1 Å². The van der Waals surface area contributed by atoms with Crippen LogP contribution in [0.5, 0.6) is 5.75 Å². The van der Waals surface area contributed by atoms with Gasteiger partial charge in [0.25, 0.3) is 0 Å². The molecule has 3 heterocycles. The molecule has 1 amide bonds. The molecule has 0 bridgehead atoms. The van der Waals surface area contributed by atoms with Crippen molar-refractivity contribution >= 4 is 24.0 Å². The minimum absolute atomic E-state index is 0. The number of rotatable bonds is 3. The predicted molar refractivity (Wildman–Crippen MR) is 109 cm³/mol. The highest BCUT2D eigenvalue weighted by molar-refractivity contribution is 5.99. The third-order valence-electron chi connectivity index (χ3n) is 6.02. The summed E-state index contributed by atoms with van der Waals surface area (Å²) in [5, 5.41) is 12.1. The largest absolute Gasteiger partial charge is 0.493 e. The molecule has 0 aromatic heterocycles. The van der Waals surface area contributed by atoms with Gasteiger partial charge < -0.3 is 15.0 Å². The first-order chi connectivity index (χ1) is 13.2. The molecular weight excluding hydrogens is 374 g/mol. The SMILES string of the molecule is Cl.N#Cc1ccc2c(c1)C1CN(CCc3ccc4c(c3)CC(=O)N4)CC1CO2. The number of nitrogens with zero attached hydrogens (tertiary/aromatic N) is 2. The number of hydrogen-bond donors (Lipinski definition) is 1. The van der Waals surface area contributed by atoms with E-state index in [2.05, 4.69) is 28.4 Å². The Morgan fingerprint density at radius 2 is 2.11 bits per heavy atom. The van der Waals surface area contributed by atoms with E-state index >= 15 is 0 Å². The summed E-state index contributed by atoms with van der Waals surface area (Å²) in [6, 6.07) is 14.3. The number of carbonyl (C=O) groups excluding carboxylic acids is 1. The Morgan fingerprint density at radius 3 is 2.96 bits per heavy atom. The second-order valence-corrected chi connectivity index (χ2v) is 7.77. The molecule has 0 saturated carbocycles. The molecule has 2 aromatic carbocycles. The van der Waals surface area contributed by atoms with Crippen LogP contribution in [0.1, 0.15) is 28.2 Å². The molecule has 5 rings (SSSR count). The molecule has 5 nitrogen and oxygen atoms in total. The summed E-state index contributed by atoms with van der Waals surface area (Å²) in [4.78, 5) is 14.0. The van der Waals surface area contributed by atoms with E-state index in [1.807, 2.05) is 24.3 Å². The van der Waals surface area contributed by atoms with Crippen molar-refractivity contribution < 1.29 is 9.53 Å². The Kier molecular flexibility index (Phi) is 5.01. The molecule has 28 heavy (non-hydrogen) atoms. The maximum Gasteiger partial charge on any atom is 0.228 e. The van der Waals surface area contributed by atoms with Gasteiger partial charge in [-0.05, 0) is 41.8 Å². The number of ether oxygens (including phenoxy) is 1. The van der Waals surface area contributed by atoms with Gasteiger partial charge in [0.05, 0.1) is 24.7 Å². The Morgan fingerprint density at radius 1 is 1.21 bits per heavy atom. The molecule has 2 atom stereocenters. The summed E-state index contributed by atoms with van der Waals surface area (Å²) < 4.78 is 5.93. The van der Waals surface area contributed by atoms with Crippen LogP contribution in [0.15, 0.2) is 36.4 Å². The quantitative estimate of drug-likeness (QED) is 0.867. The van der Waals surface area contributed by atoms with Gasteiger partial charge in [-0.2, -0.15) is 5.26 Å². The molecule has 0 radical (unpaired) electrons. The van der Waals surface area contributed by atoms with Gasteiger partial charge in [0.15, 0.2) is 0 Å². The van der Waals surface area contributed by atoms with Crippen molar-refractivity contribution in [1.29, 1.82) is 5.26 Å². The van der Waals surface area contributed by atoms with Crippen molar-refractivity contribution in [2.75, 3.05) is 31.6 Å². The van der Waals surface area contributed by atoms with Crippen LogP contribution in [0.4, 0.5) is 5.69 Å². The Balaban J connectivity index is 0.00000192. The number of nitriles is 1. The first-order valence-corrected chi connectivity index (χ1v) is 9.50. The van der Waals surface area contributed by atoms with Gasteiger partial charge in [-0.3, -0.25) is 4.79 Å². The Hall–Kier alpha value is -2.55. The summed E-state index contributed by atoms with van der Waals surface area (Å²) in [6.07, 6.45) is 1.47. The average molecular weight is 396 g/mol. The molecule has 1 fully saturated rings. The van der Waals surface area contributed by atoms with Crippen molar-refractivity contribution in [1.82, 2.24) is 4.90 Å². The lowest BCUT2D eigenvalue weighted by Gasteiger charge is -2.27. The third kappa shape index (κ3) is 3.34. The van der Waals surface area contributed by atoms with E-state index in [9.17, 15) is 10.1 Å². The highest BCUT2D eigenvalue weighted by Crippen LogP contribution is 2.42. The predicted octanol–water partition coefficient (Wildman–Crippen LogP) is 3.13. The first kappa shape index (κ1) is 18.8.